The lowest BCUT2D eigenvalue weighted by Gasteiger charge is -2.06. The van der Waals surface area contributed by atoms with Gasteiger partial charge in [0.25, 0.3) is 0 Å². The predicted octanol–water partition coefficient (Wildman–Crippen LogP) is 0.869. The molecule has 2 N–H and O–H groups in total. The van der Waals surface area contributed by atoms with Crippen LogP contribution in [0.4, 0.5) is 0 Å². The molecule has 0 spiro atoms. The largest absolute Gasteiger partial charge is 0.321 e. The minimum absolute atomic E-state index is 0.0301. The summed E-state index contributed by atoms with van der Waals surface area (Å²) in [6.45, 7) is 5.27. The molecule has 1 rings (SSSR count). The summed E-state index contributed by atoms with van der Waals surface area (Å²) in [5, 5.41) is 0. The van der Waals surface area contributed by atoms with Crippen molar-refractivity contribution in [2.24, 2.45) is 11.7 Å². The van der Waals surface area contributed by atoms with Gasteiger partial charge in [0.15, 0.2) is 5.78 Å². The zero-order valence-corrected chi connectivity index (χ0v) is 6.26. The molecule has 0 bridgehead atoms. The van der Waals surface area contributed by atoms with Gasteiger partial charge < -0.3 is 5.73 Å². The number of carbonyl (C=O) groups is 1. The summed E-state index contributed by atoms with van der Waals surface area (Å²) in [6.07, 6.45) is 2.22. The first-order valence-electron chi connectivity index (χ1n) is 3.58. The first-order chi connectivity index (χ1) is 4.63. The highest BCUT2D eigenvalue weighted by atomic mass is 16.1. The van der Waals surface area contributed by atoms with Crippen molar-refractivity contribution in [1.82, 2.24) is 0 Å². The van der Waals surface area contributed by atoms with E-state index < -0.39 is 0 Å². The molecular weight excluding hydrogens is 126 g/mol. The number of nitrogens with two attached hydrogens (primary N) is 1. The van der Waals surface area contributed by atoms with Crippen LogP contribution < -0.4 is 5.73 Å². The quantitative estimate of drug-likeness (QED) is 0.589. The average Bonchev–Trinajstić information content (AvgIpc) is 2.65. The molecule has 0 saturated heterocycles. The summed E-state index contributed by atoms with van der Waals surface area (Å²) in [7, 11) is 0. The second-order valence-electron chi connectivity index (χ2n) is 3.01. The van der Waals surface area contributed by atoms with Crippen molar-refractivity contribution >= 4 is 5.78 Å². The molecule has 0 heterocycles. The van der Waals surface area contributed by atoms with Crippen LogP contribution in [0.3, 0.4) is 0 Å². The number of rotatable bonds is 3. The highest BCUT2D eigenvalue weighted by Crippen LogP contribution is 2.32. The predicted molar refractivity (Wildman–Crippen MR) is 40.5 cm³/mol. The number of hydrogen-bond acceptors (Lipinski definition) is 2. The maximum absolute atomic E-state index is 11.1. The number of carbonyl (C=O) groups excluding carboxylic acids is 1. The van der Waals surface area contributed by atoms with E-state index in [-0.39, 0.29) is 11.8 Å². The third kappa shape index (κ3) is 1.45. The van der Waals surface area contributed by atoms with E-state index >= 15 is 0 Å². The lowest BCUT2D eigenvalue weighted by Crippen LogP contribution is -2.32. The average molecular weight is 139 g/mol. The highest BCUT2D eigenvalue weighted by Gasteiger charge is 2.32. The van der Waals surface area contributed by atoms with E-state index in [2.05, 4.69) is 6.58 Å². The molecule has 0 aromatic carbocycles. The normalized spacial score (nSPS) is 20.2. The van der Waals surface area contributed by atoms with Crippen LogP contribution in [-0.2, 0) is 4.79 Å². The molecule has 1 fully saturated rings. The monoisotopic (exact) mass is 139 g/mol. The Morgan fingerprint density at radius 2 is 2.20 bits per heavy atom. The van der Waals surface area contributed by atoms with E-state index in [0.29, 0.717) is 11.5 Å². The topological polar surface area (TPSA) is 43.1 Å². The van der Waals surface area contributed by atoms with Gasteiger partial charge in [0.05, 0.1) is 6.04 Å². The molecule has 1 aliphatic carbocycles. The highest BCUT2D eigenvalue weighted by molar-refractivity contribution is 5.98. The number of hydrogen-bond donors (Lipinski definition) is 1. The summed E-state index contributed by atoms with van der Waals surface area (Å²) in [4.78, 5) is 11.1. The Morgan fingerprint density at radius 1 is 1.70 bits per heavy atom. The second kappa shape index (κ2) is 2.54. The Balaban J connectivity index is 2.46. The molecule has 2 nitrogen and oxygen atoms in total. The minimum atomic E-state index is -0.266. The summed E-state index contributed by atoms with van der Waals surface area (Å²) in [5.41, 5.74) is 6.20. The van der Waals surface area contributed by atoms with Crippen LogP contribution in [0.25, 0.3) is 0 Å². The van der Waals surface area contributed by atoms with Gasteiger partial charge in [-0.05, 0) is 31.3 Å². The minimum Gasteiger partial charge on any atom is -0.321 e. The SMILES string of the molecule is C=C(C)C(=O)C(N)C1CC1. The van der Waals surface area contributed by atoms with E-state index in [9.17, 15) is 4.79 Å². The van der Waals surface area contributed by atoms with E-state index in [1.165, 1.54) is 0 Å². The maximum Gasteiger partial charge on any atom is 0.174 e. The van der Waals surface area contributed by atoms with Crippen LogP contribution in [0.1, 0.15) is 19.8 Å². The summed E-state index contributed by atoms with van der Waals surface area (Å²) >= 11 is 0. The van der Waals surface area contributed by atoms with Crippen LogP contribution in [0.2, 0.25) is 0 Å². The van der Waals surface area contributed by atoms with Crippen molar-refractivity contribution in [3.05, 3.63) is 12.2 Å². The van der Waals surface area contributed by atoms with E-state index in [0.717, 1.165) is 12.8 Å². The van der Waals surface area contributed by atoms with Crippen molar-refractivity contribution in [1.29, 1.82) is 0 Å². The van der Waals surface area contributed by atoms with Gasteiger partial charge in [-0.15, -0.1) is 0 Å². The molecule has 2 heteroatoms. The molecule has 1 saturated carbocycles. The van der Waals surface area contributed by atoms with Crippen molar-refractivity contribution in [2.75, 3.05) is 0 Å². The molecule has 1 unspecified atom stereocenters. The standard InChI is InChI=1S/C8H13NO/c1-5(2)8(10)7(9)6-3-4-6/h6-7H,1,3-4,9H2,2H3. The molecule has 0 aliphatic heterocycles. The van der Waals surface area contributed by atoms with Crippen LogP contribution >= 0.6 is 0 Å². The Labute approximate surface area is 61.1 Å². The summed E-state index contributed by atoms with van der Waals surface area (Å²) < 4.78 is 0. The van der Waals surface area contributed by atoms with Crippen molar-refractivity contribution in [3.63, 3.8) is 0 Å². The third-order valence-corrected chi connectivity index (χ3v) is 1.85. The van der Waals surface area contributed by atoms with Gasteiger partial charge in [0, 0.05) is 0 Å². The molecule has 0 aromatic rings. The third-order valence-electron chi connectivity index (χ3n) is 1.85. The molecule has 0 radical (unpaired) electrons. The molecule has 10 heavy (non-hydrogen) atoms. The van der Waals surface area contributed by atoms with Gasteiger partial charge in [0.2, 0.25) is 0 Å². The van der Waals surface area contributed by atoms with Crippen molar-refractivity contribution < 1.29 is 4.79 Å². The fourth-order valence-electron chi connectivity index (χ4n) is 0.954. The molecule has 1 atom stereocenters. The van der Waals surface area contributed by atoms with E-state index in [4.69, 9.17) is 5.73 Å². The first kappa shape index (κ1) is 7.48. The lowest BCUT2D eigenvalue weighted by molar-refractivity contribution is -0.117. The van der Waals surface area contributed by atoms with Gasteiger partial charge in [-0.3, -0.25) is 4.79 Å². The zero-order valence-electron chi connectivity index (χ0n) is 6.26. The van der Waals surface area contributed by atoms with Crippen LogP contribution in [0, 0.1) is 5.92 Å². The Hall–Kier alpha value is -0.630. The summed E-state index contributed by atoms with van der Waals surface area (Å²) in [5.74, 6) is 0.478. The van der Waals surface area contributed by atoms with Gasteiger partial charge >= 0.3 is 0 Å². The van der Waals surface area contributed by atoms with E-state index in [1.54, 1.807) is 6.92 Å². The van der Waals surface area contributed by atoms with Crippen LogP contribution in [-0.4, -0.2) is 11.8 Å². The lowest BCUT2D eigenvalue weighted by atomic mass is 10.0. The van der Waals surface area contributed by atoms with Gasteiger partial charge in [-0.1, -0.05) is 6.58 Å². The Morgan fingerprint density at radius 3 is 2.50 bits per heavy atom. The van der Waals surface area contributed by atoms with E-state index in [1.807, 2.05) is 0 Å². The molecule has 0 aromatic heterocycles. The Kier molecular flexibility index (Phi) is 1.90. The molecular formula is C8H13NO. The van der Waals surface area contributed by atoms with Gasteiger partial charge in [-0.25, -0.2) is 0 Å². The zero-order chi connectivity index (χ0) is 7.72. The van der Waals surface area contributed by atoms with Crippen molar-refractivity contribution in [3.8, 4) is 0 Å². The van der Waals surface area contributed by atoms with Crippen LogP contribution in [0.5, 0.6) is 0 Å². The van der Waals surface area contributed by atoms with Gasteiger partial charge in [-0.2, -0.15) is 0 Å². The molecule has 56 valence electrons. The summed E-state index contributed by atoms with van der Waals surface area (Å²) in [6, 6.07) is -0.266. The fourth-order valence-corrected chi connectivity index (χ4v) is 0.954. The fraction of sp³-hybridized carbons (Fsp3) is 0.625. The first-order valence-corrected chi connectivity index (χ1v) is 3.58. The molecule has 0 amide bonds. The smallest absolute Gasteiger partial charge is 0.174 e. The van der Waals surface area contributed by atoms with Gasteiger partial charge in [0.1, 0.15) is 0 Å². The molecule has 1 aliphatic rings. The Bertz CT molecular complexity index is 170. The number of ketones is 1. The van der Waals surface area contributed by atoms with Crippen LogP contribution in [0.15, 0.2) is 12.2 Å². The second-order valence-corrected chi connectivity index (χ2v) is 3.01. The van der Waals surface area contributed by atoms with Crippen molar-refractivity contribution in [2.45, 2.75) is 25.8 Å². The maximum atomic E-state index is 11.1. The number of Topliss-reactive ketones (excluding diaryl/α,β-unsaturated/α-hetero) is 1.